The molecule has 0 bridgehead atoms. The minimum atomic E-state index is -0.104. The summed E-state index contributed by atoms with van der Waals surface area (Å²) < 4.78 is 12.0. The van der Waals surface area contributed by atoms with E-state index in [4.69, 9.17) is 44.6 Å². The highest BCUT2D eigenvalue weighted by atomic mass is 35.5. The van der Waals surface area contributed by atoms with Crippen molar-refractivity contribution in [3.8, 4) is 11.3 Å². The Kier molecular flexibility index (Phi) is 5.62. The molecule has 4 rings (SSSR count). The van der Waals surface area contributed by atoms with Gasteiger partial charge in [-0.25, -0.2) is 0 Å². The largest absolute Gasteiger partial charge is 0.457 e. The van der Waals surface area contributed by atoms with Crippen LogP contribution in [0.15, 0.2) is 39.7 Å². The first-order valence-electron chi connectivity index (χ1n) is 8.43. The van der Waals surface area contributed by atoms with Crippen molar-refractivity contribution in [3.63, 3.8) is 0 Å². The molecule has 2 aromatic rings. The second-order valence-corrected chi connectivity index (χ2v) is 8.75. The third-order valence-electron chi connectivity index (χ3n) is 4.39. The van der Waals surface area contributed by atoms with Gasteiger partial charge >= 0.3 is 0 Å². The summed E-state index contributed by atoms with van der Waals surface area (Å²) in [6, 6.07) is 8.94. The maximum Gasteiger partial charge on any atom is 0.266 e. The summed E-state index contributed by atoms with van der Waals surface area (Å²) >= 11 is 18.7. The van der Waals surface area contributed by atoms with Crippen LogP contribution in [0.2, 0.25) is 10.0 Å². The van der Waals surface area contributed by atoms with Crippen molar-refractivity contribution >= 4 is 63.5 Å². The zero-order chi connectivity index (χ0) is 19.0. The van der Waals surface area contributed by atoms with Crippen LogP contribution in [0.5, 0.6) is 0 Å². The van der Waals surface area contributed by atoms with Gasteiger partial charge < -0.3 is 9.15 Å². The zero-order valence-electron chi connectivity index (χ0n) is 14.1. The molecule has 0 N–H and O–H groups in total. The molecule has 0 spiro atoms. The van der Waals surface area contributed by atoms with Crippen LogP contribution < -0.4 is 0 Å². The number of hydrogen-bond acceptors (Lipinski definition) is 5. The highest BCUT2D eigenvalue weighted by Crippen LogP contribution is 2.35. The number of thiocarbonyl (C=S) groups is 1. The molecule has 1 aromatic carbocycles. The van der Waals surface area contributed by atoms with Gasteiger partial charge in [0.05, 0.1) is 27.6 Å². The highest BCUT2D eigenvalue weighted by molar-refractivity contribution is 8.26. The first-order chi connectivity index (χ1) is 13.0. The molecule has 0 radical (unpaired) electrons. The monoisotopic (exact) mass is 439 g/mol. The first-order valence-corrected chi connectivity index (χ1v) is 10.4. The van der Waals surface area contributed by atoms with Gasteiger partial charge in [0.2, 0.25) is 0 Å². The summed E-state index contributed by atoms with van der Waals surface area (Å²) in [6.07, 6.45) is 3.77. The van der Waals surface area contributed by atoms with Crippen LogP contribution in [-0.2, 0) is 9.53 Å². The maximum atomic E-state index is 12.7. The van der Waals surface area contributed by atoms with Gasteiger partial charge in [-0.1, -0.05) is 47.2 Å². The molecule has 0 saturated carbocycles. The molecule has 2 aliphatic heterocycles. The molecule has 1 atom stereocenters. The quantitative estimate of drug-likeness (QED) is 0.455. The van der Waals surface area contributed by atoms with E-state index in [0.29, 0.717) is 37.3 Å². The lowest BCUT2D eigenvalue weighted by Gasteiger charge is -2.18. The van der Waals surface area contributed by atoms with E-state index in [-0.39, 0.29) is 12.0 Å². The van der Waals surface area contributed by atoms with Crippen LogP contribution in [0.3, 0.4) is 0 Å². The molecular weight excluding hydrogens is 425 g/mol. The van der Waals surface area contributed by atoms with E-state index in [9.17, 15) is 4.79 Å². The predicted octanol–water partition coefficient (Wildman–Crippen LogP) is 5.63. The van der Waals surface area contributed by atoms with E-state index in [2.05, 4.69) is 0 Å². The molecule has 1 amide bonds. The fourth-order valence-corrected chi connectivity index (χ4v) is 4.57. The van der Waals surface area contributed by atoms with Gasteiger partial charge in [0.1, 0.15) is 15.8 Å². The minimum Gasteiger partial charge on any atom is -0.457 e. The van der Waals surface area contributed by atoms with Crippen LogP contribution >= 0.6 is 47.2 Å². The van der Waals surface area contributed by atoms with Gasteiger partial charge in [-0.15, -0.1) is 0 Å². The van der Waals surface area contributed by atoms with Crippen molar-refractivity contribution in [1.82, 2.24) is 4.90 Å². The molecular formula is C19H15Cl2NO3S2. The Morgan fingerprint density at radius 1 is 1.26 bits per heavy atom. The fourth-order valence-electron chi connectivity index (χ4n) is 3.01. The standard InChI is InChI=1S/C19H15Cl2NO3S2/c20-14-5-3-11(8-15(14)21)16-6-4-12(25-16)9-17-18(23)22(19(26)27-17)10-13-2-1-7-24-13/h3-6,8-9,13H,1-2,7,10H2/b17-9-/t13-/m0/s1. The second kappa shape index (κ2) is 7.97. The lowest BCUT2D eigenvalue weighted by atomic mass is 10.2. The number of hydrogen-bond donors (Lipinski definition) is 0. The summed E-state index contributed by atoms with van der Waals surface area (Å²) in [7, 11) is 0. The predicted molar refractivity (Wildman–Crippen MR) is 113 cm³/mol. The number of furan rings is 1. The third kappa shape index (κ3) is 4.10. The molecule has 0 unspecified atom stereocenters. The lowest BCUT2D eigenvalue weighted by Crippen LogP contribution is -2.35. The molecule has 27 heavy (non-hydrogen) atoms. The number of carbonyl (C=O) groups excluding carboxylic acids is 1. The zero-order valence-corrected chi connectivity index (χ0v) is 17.3. The Morgan fingerprint density at radius 2 is 2.11 bits per heavy atom. The van der Waals surface area contributed by atoms with Gasteiger partial charge in [-0.2, -0.15) is 0 Å². The second-order valence-electron chi connectivity index (χ2n) is 6.26. The van der Waals surface area contributed by atoms with Crippen LogP contribution in [0, 0.1) is 0 Å². The van der Waals surface area contributed by atoms with Crippen LogP contribution in [0.4, 0.5) is 0 Å². The van der Waals surface area contributed by atoms with Crippen molar-refractivity contribution in [2.45, 2.75) is 18.9 Å². The van der Waals surface area contributed by atoms with Gasteiger partial charge in [0, 0.05) is 18.2 Å². The Balaban J connectivity index is 1.52. The molecule has 8 heteroatoms. The average Bonchev–Trinajstić information content (AvgIpc) is 3.37. The smallest absolute Gasteiger partial charge is 0.266 e. The van der Waals surface area contributed by atoms with Gasteiger partial charge in [-0.05, 0) is 43.2 Å². The Morgan fingerprint density at radius 3 is 2.85 bits per heavy atom. The number of ether oxygens (including phenoxy) is 1. The molecule has 1 aromatic heterocycles. The number of nitrogens with zero attached hydrogens (tertiary/aromatic N) is 1. The fraction of sp³-hybridized carbons (Fsp3) is 0.263. The molecule has 2 saturated heterocycles. The molecule has 3 heterocycles. The Labute approximate surface area is 176 Å². The highest BCUT2D eigenvalue weighted by Gasteiger charge is 2.34. The van der Waals surface area contributed by atoms with Crippen molar-refractivity contribution in [1.29, 1.82) is 0 Å². The number of thioether (sulfide) groups is 1. The summed E-state index contributed by atoms with van der Waals surface area (Å²) in [5, 5.41) is 0.948. The Bertz CT molecular complexity index is 935. The molecule has 2 aliphatic rings. The van der Waals surface area contributed by atoms with Crippen molar-refractivity contribution in [2.75, 3.05) is 13.2 Å². The normalized spacial score (nSPS) is 21.6. The van der Waals surface area contributed by atoms with Crippen molar-refractivity contribution in [3.05, 3.63) is 51.0 Å². The van der Waals surface area contributed by atoms with Gasteiger partial charge in [-0.3, -0.25) is 9.69 Å². The van der Waals surface area contributed by atoms with E-state index in [0.717, 1.165) is 25.0 Å². The van der Waals surface area contributed by atoms with E-state index in [1.54, 1.807) is 23.1 Å². The summed E-state index contributed by atoms with van der Waals surface area (Å²) in [5.41, 5.74) is 0.815. The lowest BCUT2D eigenvalue weighted by molar-refractivity contribution is -0.123. The minimum absolute atomic E-state index is 0.0664. The summed E-state index contributed by atoms with van der Waals surface area (Å²) in [4.78, 5) is 14.9. The van der Waals surface area contributed by atoms with Crippen molar-refractivity contribution < 1.29 is 13.9 Å². The number of halogens is 2. The van der Waals surface area contributed by atoms with Crippen LogP contribution in [-0.4, -0.2) is 34.4 Å². The van der Waals surface area contributed by atoms with Gasteiger partial charge in [0.25, 0.3) is 5.91 Å². The maximum absolute atomic E-state index is 12.7. The molecule has 2 fully saturated rings. The third-order valence-corrected chi connectivity index (χ3v) is 6.50. The van der Waals surface area contributed by atoms with E-state index < -0.39 is 0 Å². The van der Waals surface area contributed by atoms with E-state index >= 15 is 0 Å². The van der Waals surface area contributed by atoms with Crippen LogP contribution in [0.25, 0.3) is 17.4 Å². The molecule has 140 valence electrons. The number of carbonyl (C=O) groups is 1. The molecule has 0 aliphatic carbocycles. The summed E-state index contributed by atoms with van der Waals surface area (Å²) in [6.45, 7) is 1.26. The number of amides is 1. The molecule has 4 nitrogen and oxygen atoms in total. The van der Waals surface area contributed by atoms with Gasteiger partial charge in [0.15, 0.2) is 0 Å². The van der Waals surface area contributed by atoms with E-state index in [1.807, 2.05) is 18.2 Å². The summed E-state index contributed by atoms with van der Waals surface area (Å²) in [5.74, 6) is 1.12. The average molecular weight is 440 g/mol. The SMILES string of the molecule is O=C1/C(=C/c2ccc(-c3ccc(Cl)c(Cl)c3)o2)SC(=S)N1C[C@@H]1CCCO1. The topological polar surface area (TPSA) is 42.7 Å². The van der Waals surface area contributed by atoms with Crippen LogP contribution in [0.1, 0.15) is 18.6 Å². The number of benzene rings is 1. The Hall–Kier alpha value is -1.31. The van der Waals surface area contributed by atoms with Crippen molar-refractivity contribution in [2.24, 2.45) is 0 Å². The first kappa shape index (κ1) is 19.0. The number of rotatable bonds is 4. The van der Waals surface area contributed by atoms with E-state index in [1.165, 1.54) is 11.8 Å².